The first-order chi connectivity index (χ1) is 19.2. The van der Waals surface area contributed by atoms with Gasteiger partial charge in [0.15, 0.2) is 11.5 Å². The van der Waals surface area contributed by atoms with Crippen LogP contribution in [0, 0.1) is 0 Å². The summed E-state index contributed by atoms with van der Waals surface area (Å²) in [5.74, 6) is 2.36. The minimum Gasteiger partial charge on any atom is -0.495 e. The second-order valence-corrected chi connectivity index (χ2v) is 9.26. The molecule has 3 aromatic heterocycles. The Balaban J connectivity index is 1.14. The van der Waals surface area contributed by atoms with Gasteiger partial charge < -0.3 is 24.7 Å². The molecule has 0 saturated carbocycles. The summed E-state index contributed by atoms with van der Waals surface area (Å²) in [6.45, 7) is 3.45. The van der Waals surface area contributed by atoms with E-state index in [2.05, 4.69) is 46.9 Å². The average molecular weight is 523 g/mol. The van der Waals surface area contributed by atoms with Gasteiger partial charge in [0.2, 0.25) is 0 Å². The lowest BCUT2D eigenvalue weighted by Gasteiger charge is -2.38. The van der Waals surface area contributed by atoms with E-state index in [1.807, 2.05) is 48.7 Å². The number of rotatable bonds is 6. The van der Waals surface area contributed by atoms with Crippen LogP contribution < -0.4 is 20.4 Å². The largest absolute Gasteiger partial charge is 0.495 e. The van der Waals surface area contributed by atoms with Gasteiger partial charge >= 0.3 is 0 Å². The molecule has 0 atom stereocenters. The molecule has 0 unspecified atom stereocenters. The van der Waals surface area contributed by atoms with Gasteiger partial charge in [-0.2, -0.15) is 10.2 Å². The SMILES string of the molecule is COc1cc(Nc2nc(-c3ccc4cn[nH]c4c3)cn3ncnc23)ccc1N1CCN(C2=CC=CON2)CC1. The molecule has 12 nitrogen and oxygen atoms in total. The molecule has 0 aliphatic carbocycles. The molecule has 0 amide bonds. The van der Waals surface area contributed by atoms with Crippen LogP contribution in [0.15, 0.2) is 79.4 Å². The normalized spacial score (nSPS) is 15.3. The number of fused-ring (bicyclic) bond motifs is 2. The van der Waals surface area contributed by atoms with Crippen molar-refractivity contribution in [1.29, 1.82) is 0 Å². The molecule has 1 fully saturated rings. The zero-order chi connectivity index (χ0) is 26.2. The lowest BCUT2D eigenvalue weighted by Crippen LogP contribution is -2.48. The monoisotopic (exact) mass is 522 g/mol. The van der Waals surface area contributed by atoms with Gasteiger partial charge in [-0.1, -0.05) is 12.1 Å². The molecule has 2 aliphatic rings. The number of hydroxylamine groups is 1. The molecule has 0 radical (unpaired) electrons. The number of nitrogens with zero attached hydrogens (tertiary/aromatic N) is 7. The molecule has 5 heterocycles. The van der Waals surface area contributed by atoms with Crippen LogP contribution in [0.4, 0.5) is 17.2 Å². The summed E-state index contributed by atoms with van der Waals surface area (Å²) in [5.41, 5.74) is 8.13. The molecule has 0 bridgehead atoms. The lowest BCUT2D eigenvalue weighted by molar-refractivity contribution is 0.116. The Kier molecular flexibility index (Phi) is 5.61. The van der Waals surface area contributed by atoms with Crippen molar-refractivity contribution in [3.63, 3.8) is 0 Å². The smallest absolute Gasteiger partial charge is 0.198 e. The maximum atomic E-state index is 5.81. The Morgan fingerprint density at radius 1 is 1.05 bits per heavy atom. The highest BCUT2D eigenvalue weighted by Gasteiger charge is 2.22. The van der Waals surface area contributed by atoms with E-state index in [-0.39, 0.29) is 0 Å². The summed E-state index contributed by atoms with van der Waals surface area (Å²) in [6.07, 6.45) is 10.7. The highest BCUT2D eigenvalue weighted by Crippen LogP contribution is 2.34. The fraction of sp³-hybridized carbons (Fsp3) is 0.185. The van der Waals surface area contributed by atoms with Crippen LogP contribution in [0.25, 0.3) is 27.8 Å². The molecule has 12 heteroatoms. The van der Waals surface area contributed by atoms with Crippen molar-refractivity contribution in [2.45, 2.75) is 0 Å². The molecule has 2 aliphatic heterocycles. The van der Waals surface area contributed by atoms with Crippen LogP contribution in [0.5, 0.6) is 5.75 Å². The lowest BCUT2D eigenvalue weighted by atomic mass is 10.1. The number of methoxy groups -OCH3 is 1. The third-order valence-corrected chi connectivity index (χ3v) is 6.97. The summed E-state index contributed by atoms with van der Waals surface area (Å²) in [4.78, 5) is 19.1. The summed E-state index contributed by atoms with van der Waals surface area (Å²) < 4.78 is 7.53. The molecular formula is C27H26N10O2. The third-order valence-electron chi connectivity index (χ3n) is 6.97. The van der Waals surface area contributed by atoms with Crippen molar-refractivity contribution in [2.75, 3.05) is 43.5 Å². The van der Waals surface area contributed by atoms with Gasteiger partial charge in [-0.05, 0) is 30.4 Å². The average Bonchev–Trinajstić information content (AvgIpc) is 3.67. The third kappa shape index (κ3) is 4.31. The Labute approximate surface area is 223 Å². The minimum atomic E-state index is 0.600. The van der Waals surface area contributed by atoms with E-state index in [0.29, 0.717) is 11.5 Å². The fourth-order valence-electron chi connectivity index (χ4n) is 4.96. The first-order valence-corrected chi connectivity index (χ1v) is 12.6. The topological polar surface area (TPSA) is 121 Å². The van der Waals surface area contributed by atoms with Crippen LogP contribution in [-0.2, 0) is 4.84 Å². The van der Waals surface area contributed by atoms with Gasteiger partial charge in [-0.25, -0.2) is 20.0 Å². The van der Waals surface area contributed by atoms with Gasteiger partial charge in [0.1, 0.15) is 24.2 Å². The second kappa shape index (κ2) is 9.56. The molecule has 39 heavy (non-hydrogen) atoms. The number of benzene rings is 2. The van der Waals surface area contributed by atoms with Crippen molar-refractivity contribution < 1.29 is 9.57 Å². The summed E-state index contributed by atoms with van der Waals surface area (Å²) in [5, 5.41) is 16.0. The van der Waals surface area contributed by atoms with Crippen LogP contribution >= 0.6 is 0 Å². The highest BCUT2D eigenvalue weighted by molar-refractivity contribution is 5.84. The molecule has 196 valence electrons. The van der Waals surface area contributed by atoms with E-state index in [9.17, 15) is 0 Å². The van der Waals surface area contributed by atoms with E-state index >= 15 is 0 Å². The van der Waals surface area contributed by atoms with Crippen LogP contribution in [0.2, 0.25) is 0 Å². The molecule has 5 aromatic rings. The van der Waals surface area contributed by atoms with Gasteiger partial charge in [0.05, 0.1) is 36.4 Å². The zero-order valence-corrected chi connectivity index (χ0v) is 21.2. The van der Waals surface area contributed by atoms with Crippen LogP contribution in [0.1, 0.15) is 0 Å². The Morgan fingerprint density at radius 3 is 2.79 bits per heavy atom. The van der Waals surface area contributed by atoms with Crippen LogP contribution in [0.3, 0.4) is 0 Å². The zero-order valence-electron chi connectivity index (χ0n) is 21.2. The van der Waals surface area contributed by atoms with E-state index in [4.69, 9.17) is 14.6 Å². The standard InChI is InChI=1S/C27H26N10O2/c1-38-24-14-20(6-7-23(24)35-8-10-36(11-9-35)25-3-2-12-39-34-25)31-26-27-28-17-30-37(27)16-22(32-26)18-4-5-19-15-29-33-21(19)13-18/h2-7,12-17,34H,8-11H2,1H3,(H,29,33)(H,31,32). The summed E-state index contributed by atoms with van der Waals surface area (Å²) in [7, 11) is 1.69. The van der Waals surface area contributed by atoms with Crippen molar-refractivity contribution in [2.24, 2.45) is 0 Å². The molecule has 3 N–H and O–H groups in total. The molecular weight excluding hydrogens is 496 g/mol. The Bertz CT molecular complexity index is 1710. The number of anilines is 3. The summed E-state index contributed by atoms with van der Waals surface area (Å²) >= 11 is 0. The van der Waals surface area contributed by atoms with E-state index in [0.717, 1.165) is 71.3 Å². The van der Waals surface area contributed by atoms with Crippen molar-refractivity contribution >= 4 is 33.7 Å². The number of nitrogens with one attached hydrogen (secondary N) is 3. The first kappa shape index (κ1) is 22.9. The predicted molar refractivity (Wildman–Crippen MR) is 147 cm³/mol. The number of aromatic amines is 1. The maximum absolute atomic E-state index is 5.81. The molecule has 1 saturated heterocycles. The van der Waals surface area contributed by atoms with Crippen molar-refractivity contribution in [1.82, 2.24) is 40.2 Å². The number of hydrogen-bond donors (Lipinski definition) is 3. The van der Waals surface area contributed by atoms with Gasteiger partial charge in [-0.15, -0.1) is 0 Å². The maximum Gasteiger partial charge on any atom is 0.198 e. The van der Waals surface area contributed by atoms with E-state index in [1.165, 1.54) is 6.33 Å². The molecule has 2 aromatic carbocycles. The van der Waals surface area contributed by atoms with Gasteiger partial charge in [0, 0.05) is 48.9 Å². The summed E-state index contributed by atoms with van der Waals surface area (Å²) in [6, 6.07) is 12.2. The van der Waals surface area contributed by atoms with E-state index in [1.54, 1.807) is 24.1 Å². The number of aromatic nitrogens is 6. The Morgan fingerprint density at radius 2 is 1.95 bits per heavy atom. The molecule has 7 rings (SSSR count). The Hall–Kier alpha value is -5.26. The van der Waals surface area contributed by atoms with Gasteiger partial charge in [0.25, 0.3) is 0 Å². The minimum absolute atomic E-state index is 0.600. The fourth-order valence-corrected chi connectivity index (χ4v) is 4.96. The van der Waals surface area contributed by atoms with Crippen molar-refractivity contribution in [3.8, 4) is 17.0 Å². The number of allylic oxidation sites excluding steroid dienone is 2. The number of ether oxygens (including phenoxy) is 1. The number of H-pyrrole nitrogens is 1. The highest BCUT2D eigenvalue weighted by atomic mass is 16.6. The second-order valence-electron chi connectivity index (χ2n) is 9.26. The quantitative estimate of drug-likeness (QED) is 0.306. The number of hydrogen-bond acceptors (Lipinski definition) is 10. The van der Waals surface area contributed by atoms with Crippen LogP contribution in [-0.4, -0.2) is 68.0 Å². The molecule has 0 spiro atoms. The first-order valence-electron chi connectivity index (χ1n) is 12.6. The van der Waals surface area contributed by atoms with E-state index < -0.39 is 0 Å². The predicted octanol–water partition coefficient (Wildman–Crippen LogP) is 3.43. The van der Waals surface area contributed by atoms with Crippen molar-refractivity contribution in [3.05, 3.63) is 79.4 Å². The van der Waals surface area contributed by atoms with Gasteiger partial charge in [-0.3, -0.25) is 5.10 Å². The number of piperazine rings is 1.